The number of likely N-dealkylation sites (tertiary alicyclic amines) is 1. The van der Waals surface area contributed by atoms with Crippen molar-refractivity contribution in [2.75, 3.05) is 26.3 Å². The van der Waals surface area contributed by atoms with Crippen LogP contribution in [-0.4, -0.2) is 53.8 Å². The summed E-state index contributed by atoms with van der Waals surface area (Å²) in [7, 11) is 0. The Kier molecular flexibility index (Phi) is 3.94. The SMILES string of the molecule is O=C(c1ccc2ccccc2n1)N1CC2(CC(OCC3CC3)CCO2)C1. The zero-order chi connectivity index (χ0) is 17.6. The summed E-state index contributed by atoms with van der Waals surface area (Å²) in [4.78, 5) is 19.2. The second kappa shape index (κ2) is 6.32. The number of ether oxygens (including phenoxy) is 2. The number of amides is 1. The third-order valence-electron chi connectivity index (χ3n) is 5.78. The maximum Gasteiger partial charge on any atom is 0.272 e. The number of benzene rings is 1. The number of aromatic nitrogens is 1. The molecule has 5 rings (SSSR count). The molecule has 5 heteroatoms. The normalized spacial score (nSPS) is 24.6. The van der Waals surface area contributed by atoms with E-state index in [1.807, 2.05) is 41.3 Å². The maximum absolute atomic E-state index is 12.8. The minimum atomic E-state index is -0.209. The quantitative estimate of drug-likeness (QED) is 0.849. The number of fused-ring (bicyclic) bond motifs is 1. The lowest BCUT2D eigenvalue weighted by Crippen LogP contribution is -2.67. The van der Waals surface area contributed by atoms with E-state index in [2.05, 4.69) is 4.98 Å². The van der Waals surface area contributed by atoms with Gasteiger partial charge in [0.1, 0.15) is 11.3 Å². The highest BCUT2D eigenvalue weighted by Crippen LogP contribution is 2.37. The monoisotopic (exact) mass is 352 g/mol. The zero-order valence-electron chi connectivity index (χ0n) is 14.9. The molecule has 1 saturated carbocycles. The predicted octanol–water partition coefficient (Wildman–Crippen LogP) is 3.04. The molecule has 1 amide bonds. The Bertz CT molecular complexity index is 827. The van der Waals surface area contributed by atoms with Gasteiger partial charge < -0.3 is 14.4 Å². The van der Waals surface area contributed by atoms with Gasteiger partial charge in [0.15, 0.2) is 0 Å². The molecule has 1 atom stereocenters. The van der Waals surface area contributed by atoms with Gasteiger partial charge in [-0.25, -0.2) is 4.98 Å². The number of carbonyl (C=O) groups is 1. The topological polar surface area (TPSA) is 51.7 Å². The van der Waals surface area contributed by atoms with Crippen molar-refractivity contribution >= 4 is 16.8 Å². The first-order chi connectivity index (χ1) is 12.7. The Morgan fingerprint density at radius 2 is 2.04 bits per heavy atom. The molecule has 1 aliphatic carbocycles. The number of hydrogen-bond donors (Lipinski definition) is 0. The molecule has 0 N–H and O–H groups in total. The Morgan fingerprint density at radius 1 is 1.19 bits per heavy atom. The van der Waals surface area contributed by atoms with E-state index in [4.69, 9.17) is 9.47 Å². The van der Waals surface area contributed by atoms with Crippen LogP contribution in [0.4, 0.5) is 0 Å². The second-order valence-electron chi connectivity index (χ2n) is 7.97. The van der Waals surface area contributed by atoms with Gasteiger partial charge in [-0.1, -0.05) is 24.3 Å². The van der Waals surface area contributed by atoms with E-state index in [-0.39, 0.29) is 17.6 Å². The van der Waals surface area contributed by atoms with Gasteiger partial charge in [0, 0.05) is 25.0 Å². The maximum atomic E-state index is 12.8. The van der Waals surface area contributed by atoms with E-state index >= 15 is 0 Å². The molecule has 2 aromatic rings. The summed E-state index contributed by atoms with van der Waals surface area (Å²) in [5.74, 6) is 0.776. The van der Waals surface area contributed by atoms with Gasteiger partial charge in [0.05, 0.1) is 24.7 Å². The van der Waals surface area contributed by atoms with Crippen LogP contribution in [0.25, 0.3) is 10.9 Å². The molecular weight excluding hydrogens is 328 g/mol. The Morgan fingerprint density at radius 3 is 2.88 bits per heavy atom. The molecule has 26 heavy (non-hydrogen) atoms. The lowest BCUT2D eigenvalue weighted by Gasteiger charge is -2.52. The second-order valence-corrected chi connectivity index (χ2v) is 7.97. The fourth-order valence-electron chi connectivity index (χ4n) is 4.04. The van der Waals surface area contributed by atoms with E-state index in [0.29, 0.717) is 18.8 Å². The van der Waals surface area contributed by atoms with Gasteiger partial charge in [-0.05, 0) is 37.3 Å². The minimum absolute atomic E-state index is 0.00833. The molecular formula is C21H24N2O3. The van der Waals surface area contributed by atoms with Crippen LogP contribution in [0.15, 0.2) is 36.4 Å². The number of rotatable bonds is 4. The molecule has 1 aromatic heterocycles. The third-order valence-corrected chi connectivity index (χ3v) is 5.78. The summed E-state index contributed by atoms with van der Waals surface area (Å²) in [6.07, 6.45) is 4.77. The van der Waals surface area contributed by atoms with Crippen LogP contribution in [0, 0.1) is 5.92 Å². The molecule has 0 bridgehead atoms. The summed E-state index contributed by atoms with van der Waals surface area (Å²) in [5, 5.41) is 1.05. The highest BCUT2D eigenvalue weighted by Gasteiger charge is 2.50. The third kappa shape index (κ3) is 3.10. The van der Waals surface area contributed by atoms with Crippen LogP contribution in [0.5, 0.6) is 0 Å². The van der Waals surface area contributed by atoms with Gasteiger partial charge >= 0.3 is 0 Å². The summed E-state index contributed by atoms with van der Waals surface area (Å²) < 4.78 is 12.1. The first-order valence-electron chi connectivity index (χ1n) is 9.61. The van der Waals surface area contributed by atoms with E-state index in [9.17, 15) is 4.79 Å². The van der Waals surface area contributed by atoms with Crippen molar-refractivity contribution in [1.29, 1.82) is 0 Å². The molecule has 2 saturated heterocycles. The molecule has 5 nitrogen and oxygen atoms in total. The number of pyridine rings is 1. The average molecular weight is 352 g/mol. The molecule has 3 aliphatic rings. The zero-order valence-corrected chi connectivity index (χ0v) is 14.9. The Labute approximate surface area is 153 Å². The molecule has 136 valence electrons. The summed E-state index contributed by atoms with van der Waals surface area (Å²) >= 11 is 0. The van der Waals surface area contributed by atoms with E-state index in [1.165, 1.54) is 12.8 Å². The minimum Gasteiger partial charge on any atom is -0.378 e. The predicted molar refractivity (Wildman–Crippen MR) is 98.0 cm³/mol. The van der Waals surface area contributed by atoms with Crippen molar-refractivity contribution < 1.29 is 14.3 Å². The molecule has 1 aromatic carbocycles. The van der Waals surface area contributed by atoms with Crippen LogP contribution >= 0.6 is 0 Å². The number of carbonyl (C=O) groups excluding carboxylic acids is 1. The molecule has 2 aliphatic heterocycles. The number of para-hydroxylation sites is 1. The largest absolute Gasteiger partial charge is 0.378 e. The fourth-order valence-corrected chi connectivity index (χ4v) is 4.04. The first kappa shape index (κ1) is 16.2. The van der Waals surface area contributed by atoms with Gasteiger partial charge in [-0.15, -0.1) is 0 Å². The van der Waals surface area contributed by atoms with Gasteiger partial charge in [0.25, 0.3) is 5.91 Å². The van der Waals surface area contributed by atoms with Crippen molar-refractivity contribution in [2.45, 2.75) is 37.4 Å². The molecule has 3 fully saturated rings. The molecule has 1 unspecified atom stereocenters. The number of nitrogens with zero attached hydrogens (tertiary/aromatic N) is 2. The van der Waals surface area contributed by atoms with Crippen LogP contribution in [0.3, 0.4) is 0 Å². The van der Waals surface area contributed by atoms with Crippen molar-refractivity contribution in [1.82, 2.24) is 9.88 Å². The van der Waals surface area contributed by atoms with Crippen molar-refractivity contribution in [2.24, 2.45) is 5.92 Å². The smallest absolute Gasteiger partial charge is 0.272 e. The van der Waals surface area contributed by atoms with Crippen LogP contribution in [-0.2, 0) is 9.47 Å². The van der Waals surface area contributed by atoms with Gasteiger partial charge in [0.2, 0.25) is 0 Å². The van der Waals surface area contributed by atoms with Gasteiger partial charge in [-0.3, -0.25) is 4.79 Å². The Balaban J connectivity index is 1.22. The Hall–Kier alpha value is -1.98. The highest BCUT2D eigenvalue weighted by molar-refractivity contribution is 5.95. The molecule has 0 radical (unpaired) electrons. The highest BCUT2D eigenvalue weighted by atomic mass is 16.5. The first-order valence-corrected chi connectivity index (χ1v) is 9.61. The molecule has 1 spiro atoms. The summed E-state index contributed by atoms with van der Waals surface area (Å²) in [5.41, 5.74) is 1.16. The fraction of sp³-hybridized carbons (Fsp3) is 0.524. The van der Waals surface area contributed by atoms with E-state index in [0.717, 1.165) is 42.9 Å². The van der Waals surface area contributed by atoms with Crippen LogP contribution in [0.2, 0.25) is 0 Å². The van der Waals surface area contributed by atoms with Crippen molar-refractivity contribution in [3.63, 3.8) is 0 Å². The average Bonchev–Trinajstić information content (AvgIpc) is 3.48. The van der Waals surface area contributed by atoms with Crippen LogP contribution in [0.1, 0.15) is 36.2 Å². The van der Waals surface area contributed by atoms with Crippen molar-refractivity contribution in [3.05, 3.63) is 42.1 Å². The van der Waals surface area contributed by atoms with Crippen molar-refractivity contribution in [3.8, 4) is 0 Å². The van der Waals surface area contributed by atoms with Gasteiger partial charge in [-0.2, -0.15) is 0 Å². The van der Waals surface area contributed by atoms with E-state index in [1.54, 1.807) is 0 Å². The van der Waals surface area contributed by atoms with Crippen LogP contribution < -0.4 is 0 Å². The lowest BCUT2D eigenvalue weighted by atomic mass is 9.84. The summed E-state index contributed by atoms with van der Waals surface area (Å²) in [6.45, 7) is 2.91. The standard InChI is InChI=1S/C21H24N2O3/c24-20(19-8-7-16-3-1-2-4-18(16)22-19)23-13-21(14-23)11-17(9-10-26-21)25-12-15-5-6-15/h1-4,7-8,15,17H,5-6,9-14H2. The number of hydrogen-bond acceptors (Lipinski definition) is 4. The summed E-state index contributed by atoms with van der Waals surface area (Å²) in [6, 6.07) is 11.7. The van der Waals surface area contributed by atoms with E-state index < -0.39 is 0 Å². The lowest BCUT2D eigenvalue weighted by molar-refractivity contribution is -0.186. The molecule has 3 heterocycles.